The lowest BCUT2D eigenvalue weighted by Crippen LogP contribution is -2.29. The third kappa shape index (κ3) is 3.32. The Morgan fingerprint density at radius 2 is 2.00 bits per heavy atom. The van der Waals surface area contributed by atoms with Gasteiger partial charge in [-0.2, -0.15) is 13.2 Å². The molecule has 14 heavy (non-hydrogen) atoms. The SMILES string of the molecule is Cl.N[C@@H](c1cc(Cl)ccn1)C(F)(F)F. The molecule has 0 aromatic carbocycles. The highest BCUT2D eigenvalue weighted by Gasteiger charge is 2.38. The van der Waals surface area contributed by atoms with Crippen LogP contribution < -0.4 is 5.73 Å². The molecule has 1 atom stereocenters. The fourth-order valence-corrected chi connectivity index (χ4v) is 0.927. The Labute approximate surface area is 89.7 Å². The molecule has 0 amide bonds. The van der Waals surface area contributed by atoms with Crippen molar-refractivity contribution < 1.29 is 13.2 Å². The van der Waals surface area contributed by atoms with E-state index in [0.29, 0.717) is 0 Å². The minimum atomic E-state index is -4.49. The van der Waals surface area contributed by atoms with Gasteiger partial charge in [-0.25, -0.2) is 0 Å². The van der Waals surface area contributed by atoms with Crippen LogP contribution in [0.4, 0.5) is 13.2 Å². The molecule has 0 aliphatic rings. The summed E-state index contributed by atoms with van der Waals surface area (Å²) in [5, 5.41) is 0.185. The van der Waals surface area contributed by atoms with Crippen LogP contribution in [-0.4, -0.2) is 11.2 Å². The van der Waals surface area contributed by atoms with Crippen LogP contribution in [0.2, 0.25) is 5.02 Å². The number of nitrogens with zero attached hydrogens (tertiary/aromatic N) is 1. The third-order valence-corrected chi connectivity index (χ3v) is 1.65. The predicted molar refractivity (Wildman–Crippen MR) is 49.5 cm³/mol. The predicted octanol–water partition coefficient (Wildman–Crippen LogP) is 2.72. The van der Waals surface area contributed by atoms with Crippen LogP contribution in [0.1, 0.15) is 11.7 Å². The molecule has 0 saturated carbocycles. The molecule has 0 fully saturated rings. The fourth-order valence-electron chi connectivity index (χ4n) is 0.759. The van der Waals surface area contributed by atoms with Crippen molar-refractivity contribution in [2.45, 2.75) is 12.2 Å². The topological polar surface area (TPSA) is 38.9 Å². The van der Waals surface area contributed by atoms with Gasteiger partial charge in [-0.15, -0.1) is 12.4 Å². The molecule has 0 unspecified atom stereocenters. The van der Waals surface area contributed by atoms with Crippen molar-refractivity contribution in [3.8, 4) is 0 Å². The molecule has 1 rings (SSSR count). The summed E-state index contributed by atoms with van der Waals surface area (Å²) in [5.74, 6) is 0. The molecule has 0 aliphatic heterocycles. The van der Waals surface area contributed by atoms with E-state index in [2.05, 4.69) is 4.98 Å². The van der Waals surface area contributed by atoms with Gasteiger partial charge in [0.25, 0.3) is 0 Å². The van der Waals surface area contributed by atoms with Crippen molar-refractivity contribution in [2.75, 3.05) is 0 Å². The average molecular weight is 247 g/mol. The number of hydrogen-bond acceptors (Lipinski definition) is 2. The normalized spacial score (nSPS) is 13.2. The Kier molecular flexibility index (Phi) is 4.64. The Morgan fingerprint density at radius 3 is 2.43 bits per heavy atom. The Hall–Kier alpha value is -0.520. The first-order valence-corrected chi connectivity index (χ1v) is 3.73. The van der Waals surface area contributed by atoms with Crippen LogP contribution in [-0.2, 0) is 0 Å². The van der Waals surface area contributed by atoms with Crippen molar-refractivity contribution in [2.24, 2.45) is 5.73 Å². The third-order valence-electron chi connectivity index (χ3n) is 1.41. The van der Waals surface area contributed by atoms with Crippen LogP contribution in [0.3, 0.4) is 0 Å². The number of hydrogen-bond donors (Lipinski definition) is 1. The monoisotopic (exact) mass is 246 g/mol. The highest BCUT2D eigenvalue weighted by Crippen LogP contribution is 2.29. The number of nitrogens with two attached hydrogens (primary N) is 1. The molecule has 1 aromatic heterocycles. The summed E-state index contributed by atoms with van der Waals surface area (Å²) in [6.45, 7) is 0. The van der Waals surface area contributed by atoms with E-state index in [1.54, 1.807) is 0 Å². The van der Waals surface area contributed by atoms with Gasteiger partial charge in [-0.1, -0.05) is 11.6 Å². The first kappa shape index (κ1) is 13.5. The van der Waals surface area contributed by atoms with Crippen molar-refractivity contribution in [1.29, 1.82) is 0 Å². The number of aromatic nitrogens is 1. The first-order chi connectivity index (χ1) is 5.91. The largest absolute Gasteiger partial charge is 0.409 e. The van der Waals surface area contributed by atoms with Gasteiger partial charge in [0.2, 0.25) is 0 Å². The zero-order valence-corrected chi connectivity index (χ0v) is 8.33. The molecular weight excluding hydrogens is 240 g/mol. The standard InChI is InChI=1S/C7H6ClF3N2.ClH/c8-4-1-2-13-5(3-4)6(12)7(9,10)11;/h1-3,6H,12H2;1H/t6-;/m0./s1. The molecule has 0 aliphatic carbocycles. The molecule has 0 radical (unpaired) electrons. The molecule has 1 heterocycles. The summed E-state index contributed by atoms with van der Waals surface area (Å²) in [7, 11) is 0. The van der Waals surface area contributed by atoms with E-state index >= 15 is 0 Å². The van der Waals surface area contributed by atoms with Crippen LogP contribution in [0.15, 0.2) is 18.3 Å². The highest BCUT2D eigenvalue weighted by molar-refractivity contribution is 6.30. The summed E-state index contributed by atoms with van der Waals surface area (Å²) >= 11 is 5.48. The smallest absolute Gasteiger partial charge is 0.315 e. The average Bonchev–Trinajstić information content (AvgIpc) is 2.01. The van der Waals surface area contributed by atoms with Gasteiger partial charge >= 0.3 is 6.18 Å². The molecule has 2 N–H and O–H groups in total. The Bertz CT molecular complexity index is 303. The Morgan fingerprint density at radius 1 is 1.43 bits per heavy atom. The van der Waals surface area contributed by atoms with E-state index in [0.717, 1.165) is 6.07 Å². The Balaban J connectivity index is 0.00000169. The molecule has 80 valence electrons. The molecule has 7 heteroatoms. The zero-order valence-electron chi connectivity index (χ0n) is 6.75. The first-order valence-electron chi connectivity index (χ1n) is 3.35. The van der Waals surface area contributed by atoms with Gasteiger partial charge in [0.1, 0.15) is 6.04 Å². The maximum absolute atomic E-state index is 12.1. The maximum Gasteiger partial charge on any atom is 0.409 e. The van der Waals surface area contributed by atoms with Crippen molar-refractivity contribution >= 4 is 24.0 Å². The van der Waals surface area contributed by atoms with E-state index in [1.807, 2.05) is 0 Å². The maximum atomic E-state index is 12.1. The van der Waals surface area contributed by atoms with Crippen LogP contribution in [0, 0.1) is 0 Å². The summed E-state index contributed by atoms with van der Waals surface area (Å²) in [6, 6.07) is 0.402. The van der Waals surface area contributed by atoms with E-state index in [4.69, 9.17) is 17.3 Å². The number of rotatable bonds is 1. The van der Waals surface area contributed by atoms with E-state index in [-0.39, 0.29) is 23.1 Å². The second kappa shape index (κ2) is 4.82. The lowest BCUT2D eigenvalue weighted by Gasteiger charge is -2.14. The van der Waals surface area contributed by atoms with Gasteiger partial charge in [-0.05, 0) is 12.1 Å². The summed E-state index contributed by atoms with van der Waals surface area (Å²) in [5.41, 5.74) is 4.62. The summed E-state index contributed by atoms with van der Waals surface area (Å²) in [4.78, 5) is 3.48. The van der Waals surface area contributed by atoms with E-state index in [1.165, 1.54) is 12.3 Å². The molecule has 1 aromatic rings. The lowest BCUT2D eigenvalue weighted by atomic mass is 10.2. The van der Waals surface area contributed by atoms with Gasteiger partial charge in [0.15, 0.2) is 0 Å². The highest BCUT2D eigenvalue weighted by atomic mass is 35.5. The van der Waals surface area contributed by atoms with Gasteiger partial charge in [0, 0.05) is 11.2 Å². The van der Waals surface area contributed by atoms with Crippen LogP contribution in [0.25, 0.3) is 0 Å². The molecule has 2 nitrogen and oxygen atoms in total. The van der Waals surface area contributed by atoms with Crippen LogP contribution in [0.5, 0.6) is 0 Å². The van der Waals surface area contributed by atoms with Crippen molar-refractivity contribution in [3.63, 3.8) is 0 Å². The minimum Gasteiger partial charge on any atom is -0.315 e. The minimum absolute atomic E-state index is 0. The van der Waals surface area contributed by atoms with E-state index in [9.17, 15) is 13.2 Å². The van der Waals surface area contributed by atoms with Gasteiger partial charge in [-0.3, -0.25) is 4.98 Å². The van der Waals surface area contributed by atoms with Gasteiger partial charge in [0.05, 0.1) is 5.69 Å². The number of alkyl halides is 3. The van der Waals surface area contributed by atoms with Crippen molar-refractivity contribution in [3.05, 3.63) is 29.0 Å². The fraction of sp³-hybridized carbons (Fsp3) is 0.286. The van der Waals surface area contributed by atoms with Crippen LogP contribution >= 0.6 is 24.0 Å². The zero-order chi connectivity index (χ0) is 10.1. The molecule has 0 spiro atoms. The molecule has 0 saturated heterocycles. The lowest BCUT2D eigenvalue weighted by molar-refractivity contribution is -0.149. The van der Waals surface area contributed by atoms with Gasteiger partial charge < -0.3 is 5.73 Å². The molecule has 0 bridgehead atoms. The molecular formula is C7H7Cl2F3N2. The summed E-state index contributed by atoms with van der Waals surface area (Å²) in [6.07, 6.45) is -3.30. The number of halogens is 5. The summed E-state index contributed by atoms with van der Waals surface area (Å²) < 4.78 is 36.2. The second-order valence-corrected chi connectivity index (χ2v) is 2.85. The number of pyridine rings is 1. The second-order valence-electron chi connectivity index (χ2n) is 2.42. The quantitative estimate of drug-likeness (QED) is 0.828. The van der Waals surface area contributed by atoms with Crippen molar-refractivity contribution in [1.82, 2.24) is 4.98 Å². The van der Waals surface area contributed by atoms with E-state index < -0.39 is 12.2 Å².